The first-order valence-electron chi connectivity index (χ1n) is 7.11. The van der Waals surface area contributed by atoms with E-state index in [2.05, 4.69) is 22.8 Å². The number of hydrogen-bond donors (Lipinski definition) is 2. The van der Waals surface area contributed by atoms with Crippen LogP contribution in [0.1, 0.15) is 24.8 Å². The van der Waals surface area contributed by atoms with Gasteiger partial charge in [-0.15, -0.1) is 0 Å². The van der Waals surface area contributed by atoms with Gasteiger partial charge in [-0.1, -0.05) is 0 Å². The second-order valence-electron chi connectivity index (χ2n) is 5.48. The van der Waals surface area contributed by atoms with Crippen LogP contribution in [-0.4, -0.2) is 32.1 Å². The van der Waals surface area contributed by atoms with Crippen LogP contribution in [0.2, 0.25) is 0 Å². The van der Waals surface area contributed by atoms with Gasteiger partial charge in [0.05, 0.1) is 6.42 Å². The summed E-state index contributed by atoms with van der Waals surface area (Å²) in [6, 6.07) is 6.89. The molecule has 2 N–H and O–H groups in total. The van der Waals surface area contributed by atoms with Crippen molar-refractivity contribution >= 4 is 17.3 Å². The number of nitrogens with zero attached hydrogens (tertiary/aromatic N) is 1. The number of hydrogen-bond acceptors (Lipinski definition) is 3. The molecule has 0 spiro atoms. The van der Waals surface area contributed by atoms with Crippen molar-refractivity contribution in [3.05, 3.63) is 23.8 Å². The number of carbonyl (C=O) groups is 1. The van der Waals surface area contributed by atoms with Crippen molar-refractivity contribution in [2.45, 2.75) is 31.7 Å². The summed E-state index contributed by atoms with van der Waals surface area (Å²) in [5, 5.41) is 6.97. The SMILES string of the molecule is CN1C(=O)Cc2cc(NCCC3CCCN3)ccc21. The molecule has 1 aromatic carbocycles. The minimum absolute atomic E-state index is 0.183. The maximum Gasteiger partial charge on any atom is 0.231 e. The maximum absolute atomic E-state index is 11.6. The van der Waals surface area contributed by atoms with Crippen LogP contribution >= 0.6 is 0 Å². The second-order valence-corrected chi connectivity index (χ2v) is 5.48. The van der Waals surface area contributed by atoms with Gasteiger partial charge >= 0.3 is 0 Å². The van der Waals surface area contributed by atoms with Crippen molar-refractivity contribution < 1.29 is 4.79 Å². The lowest BCUT2D eigenvalue weighted by Gasteiger charge is -2.13. The zero-order chi connectivity index (χ0) is 13.2. The summed E-state index contributed by atoms with van der Waals surface area (Å²) in [6.45, 7) is 2.15. The Morgan fingerprint density at radius 3 is 3.16 bits per heavy atom. The highest BCUT2D eigenvalue weighted by atomic mass is 16.2. The summed E-state index contributed by atoms with van der Waals surface area (Å²) in [5.41, 5.74) is 3.31. The number of carbonyl (C=O) groups excluding carboxylic acids is 1. The molecule has 1 aromatic rings. The number of rotatable bonds is 4. The molecule has 0 radical (unpaired) electrons. The lowest BCUT2D eigenvalue weighted by atomic mass is 10.1. The predicted octanol–water partition coefficient (Wildman–Crippen LogP) is 1.76. The summed E-state index contributed by atoms with van der Waals surface area (Å²) in [6.07, 6.45) is 4.30. The van der Waals surface area contributed by atoms with Gasteiger partial charge in [0.2, 0.25) is 5.91 Å². The molecule has 1 saturated heterocycles. The Morgan fingerprint density at radius 2 is 2.37 bits per heavy atom. The van der Waals surface area contributed by atoms with Gasteiger partial charge in [0.25, 0.3) is 0 Å². The molecule has 1 fully saturated rings. The minimum Gasteiger partial charge on any atom is -0.385 e. The maximum atomic E-state index is 11.6. The lowest BCUT2D eigenvalue weighted by Crippen LogP contribution is -2.24. The Kier molecular flexibility index (Phi) is 3.42. The van der Waals surface area contributed by atoms with Gasteiger partial charge in [-0.05, 0) is 49.6 Å². The van der Waals surface area contributed by atoms with Crippen molar-refractivity contribution in [2.75, 3.05) is 30.4 Å². The first-order chi connectivity index (χ1) is 9.24. The number of fused-ring (bicyclic) bond motifs is 1. The van der Waals surface area contributed by atoms with Gasteiger partial charge in [-0.3, -0.25) is 4.79 Å². The topological polar surface area (TPSA) is 44.4 Å². The molecule has 0 aliphatic carbocycles. The highest BCUT2D eigenvalue weighted by molar-refractivity contribution is 6.01. The number of benzene rings is 1. The summed E-state index contributed by atoms with van der Waals surface area (Å²) < 4.78 is 0. The van der Waals surface area contributed by atoms with E-state index in [0.717, 1.165) is 36.4 Å². The van der Waals surface area contributed by atoms with E-state index in [1.165, 1.54) is 12.8 Å². The highest BCUT2D eigenvalue weighted by Crippen LogP contribution is 2.29. The fourth-order valence-corrected chi connectivity index (χ4v) is 2.97. The van der Waals surface area contributed by atoms with E-state index in [0.29, 0.717) is 12.5 Å². The monoisotopic (exact) mass is 259 g/mol. The quantitative estimate of drug-likeness (QED) is 0.866. The first-order valence-corrected chi connectivity index (χ1v) is 7.11. The van der Waals surface area contributed by atoms with Gasteiger partial charge < -0.3 is 15.5 Å². The Hall–Kier alpha value is -1.55. The van der Waals surface area contributed by atoms with E-state index in [-0.39, 0.29) is 5.91 Å². The van der Waals surface area contributed by atoms with E-state index in [9.17, 15) is 4.79 Å². The Labute approximate surface area is 114 Å². The van der Waals surface area contributed by atoms with E-state index in [1.54, 1.807) is 4.90 Å². The van der Waals surface area contributed by atoms with E-state index in [4.69, 9.17) is 0 Å². The first kappa shape index (κ1) is 12.5. The molecule has 3 rings (SSSR count). The molecule has 1 amide bonds. The summed E-state index contributed by atoms with van der Waals surface area (Å²) in [4.78, 5) is 13.4. The molecule has 2 aliphatic rings. The Bertz CT molecular complexity index is 480. The van der Waals surface area contributed by atoms with Crippen LogP contribution in [0.3, 0.4) is 0 Å². The number of anilines is 2. The third kappa shape index (κ3) is 2.59. The van der Waals surface area contributed by atoms with Crippen LogP contribution in [0.25, 0.3) is 0 Å². The largest absolute Gasteiger partial charge is 0.385 e. The highest BCUT2D eigenvalue weighted by Gasteiger charge is 2.23. The fraction of sp³-hybridized carbons (Fsp3) is 0.533. The van der Waals surface area contributed by atoms with Gasteiger partial charge in [-0.2, -0.15) is 0 Å². The normalized spacial score (nSPS) is 21.8. The van der Waals surface area contributed by atoms with Gasteiger partial charge in [0.1, 0.15) is 0 Å². The zero-order valence-electron chi connectivity index (χ0n) is 11.4. The molecule has 4 nitrogen and oxygen atoms in total. The molecule has 102 valence electrons. The average Bonchev–Trinajstić information content (AvgIpc) is 3.00. The fourth-order valence-electron chi connectivity index (χ4n) is 2.97. The third-order valence-electron chi connectivity index (χ3n) is 4.14. The third-order valence-corrected chi connectivity index (χ3v) is 4.14. The van der Waals surface area contributed by atoms with Crippen LogP contribution in [0.15, 0.2) is 18.2 Å². The average molecular weight is 259 g/mol. The van der Waals surface area contributed by atoms with Crippen LogP contribution in [0.5, 0.6) is 0 Å². The van der Waals surface area contributed by atoms with Crippen LogP contribution in [0.4, 0.5) is 11.4 Å². The molecule has 2 heterocycles. The van der Waals surface area contributed by atoms with Gasteiger partial charge in [0.15, 0.2) is 0 Å². The standard InChI is InChI=1S/C15H21N3O/c1-18-14-5-4-13(9-11(14)10-15(18)19)17-8-6-12-3-2-7-16-12/h4-5,9,12,16-17H,2-3,6-8,10H2,1H3. The van der Waals surface area contributed by atoms with E-state index >= 15 is 0 Å². The molecule has 2 aliphatic heterocycles. The molecule has 1 atom stereocenters. The van der Waals surface area contributed by atoms with Crippen LogP contribution < -0.4 is 15.5 Å². The summed E-state index contributed by atoms with van der Waals surface area (Å²) >= 11 is 0. The summed E-state index contributed by atoms with van der Waals surface area (Å²) in [5.74, 6) is 0.183. The van der Waals surface area contributed by atoms with E-state index < -0.39 is 0 Å². The lowest BCUT2D eigenvalue weighted by molar-refractivity contribution is -0.117. The van der Waals surface area contributed by atoms with E-state index in [1.807, 2.05) is 13.1 Å². The van der Waals surface area contributed by atoms with Crippen LogP contribution in [0, 0.1) is 0 Å². The summed E-state index contributed by atoms with van der Waals surface area (Å²) in [7, 11) is 1.84. The van der Waals surface area contributed by atoms with Gasteiger partial charge in [0, 0.05) is 31.0 Å². The molecule has 0 aromatic heterocycles. The molecule has 19 heavy (non-hydrogen) atoms. The number of amides is 1. The van der Waals surface area contributed by atoms with Crippen LogP contribution in [-0.2, 0) is 11.2 Å². The van der Waals surface area contributed by atoms with Crippen molar-refractivity contribution in [2.24, 2.45) is 0 Å². The predicted molar refractivity (Wildman–Crippen MR) is 77.7 cm³/mol. The molecular weight excluding hydrogens is 238 g/mol. The zero-order valence-corrected chi connectivity index (χ0v) is 11.4. The molecule has 0 saturated carbocycles. The smallest absolute Gasteiger partial charge is 0.231 e. The Morgan fingerprint density at radius 1 is 1.47 bits per heavy atom. The molecule has 0 bridgehead atoms. The number of likely N-dealkylation sites (N-methyl/N-ethyl adjacent to an activating group) is 1. The Balaban J connectivity index is 1.57. The van der Waals surface area contributed by atoms with Crippen molar-refractivity contribution in [3.8, 4) is 0 Å². The number of nitrogens with one attached hydrogen (secondary N) is 2. The van der Waals surface area contributed by atoms with Crippen molar-refractivity contribution in [1.29, 1.82) is 0 Å². The van der Waals surface area contributed by atoms with Crippen molar-refractivity contribution in [3.63, 3.8) is 0 Å². The molecular formula is C15H21N3O. The minimum atomic E-state index is 0.183. The van der Waals surface area contributed by atoms with Gasteiger partial charge in [-0.25, -0.2) is 0 Å². The molecule has 4 heteroatoms. The second kappa shape index (κ2) is 5.21. The van der Waals surface area contributed by atoms with Crippen molar-refractivity contribution in [1.82, 2.24) is 5.32 Å². The molecule has 1 unspecified atom stereocenters.